The molecule has 7 heteroatoms. The number of nitrogens with one attached hydrogen (secondary N) is 2. The van der Waals surface area contributed by atoms with E-state index in [9.17, 15) is 4.79 Å². The Hall–Kier alpha value is -3.09. The maximum absolute atomic E-state index is 12.5. The Balaban J connectivity index is 1.71. The highest BCUT2D eigenvalue weighted by Crippen LogP contribution is 2.33. The Morgan fingerprint density at radius 1 is 0.963 bits per heavy atom. The van der Waals surface area contributed by atoms with Gasteiger partial charge in [-0.2, -0.15) is 0 Å². The number of hydrogen-bond donors (Lipinski definition) is 2. The van der Waals surface area contributed by atoms with Crippen LogP contribution >= 0.6 is 0 Å². The summed E-state index contributed by atoms with van der Waals surface area (Å²) < 4.78 is 21.6. The third-order valence-electron chi connectivity index (χ3n) is 4.33. The highest BCUT2D eigenvalue weighted by Gasteiger charge is 2.24. The average Bonchev–Trinajstić information content (AvgIpc) is 2.66. The molecule has 3 rings (SSSR count). The molecule has 0 unspecified atom stereocenters. The molecule has 2 amide bonds. The number of methoxy groups -OCH3 is 2. The molecule has 0 fully saturated rings. The second kappa shape index (κ2) is 7.65. The fraction of sp³-hybridized carbons (Fsp3) is 0.350. The highest BCUT2D eigenvalue weighted by atomic mass is 16.6. The van der Waals surface area contributed by atoms with Gasteiger partial charge in [0, 0.05) is 11.8 Å². The Labute approximate surface area is 158 Å². The number of urea groups is 1. The summed E-state index contributed by atoms with van der Waals surface area (Å²) in [4.78, 5) is 12.5. The van der Waals surface area contributed by atoms with Crippen LogP contribution in [0.3, 0.4) is 0 Å². The van der Waals surface area contributed by atoms with E-state index in [0.717, 1.165) is 5.56 Å². The molecule has 0 bridgehead atoms. The zero-order chi connectivity index (χ0) is 19.4. The maximum atomic E-state index is 12.5. The minimum atomic E-state index is -0.628. The molecule has 1 aliphatic rings. The van der Waals surface area contributed by atoms with Crippen molar-refractivity contribution in [1.82, 2.24) is 5.32 Å². The number of hydrogen-bond acceptors (Lipinski definition) is 5. The van der Waals surface area contributed by atoms with Crippen molar-refractivity contribution >= 4 is 11.7 Å². The summed E-state index contributed by atoms with van der Waals surface area (Å²) in [5, 5.41) is 5.80. The molecular formula is C20H24N2O5. The van der Waals surface area contributed by atoms with E-state index < -0.39 is 5.54 Å². The molecule has 2 N–H and O–H groups in total. The minimum absolute atomic E-state index is 0.327. The molecule has 1 heterocycles. The van der Waals surface area contributed by atoms with E-state index >= 15 is 0 Å². The van der Waals surface area contributed by atoms with E-state index in [4.69, 9.17) is 18.9 Å². The molecule has 0 aliphatic carbocycles. The van der Waals surface area contributed by atoms with Gasteiger partial charge in [0.1, 0.15) is 13.2 Å². The summed E-state index contributed by atoms with van der Waals surface area (Å²) in [5.41, 5.74) is 0.884. The standard InChI is InChI=1S/C20H24N2O5/c1-20(2,13-5-7-15(24-3)17(11-13)25-4)22-19(23)21-14-6-8-16-18(12-14)27-10-9-26-16/h5-8,11-12H,9-10H2,1-4H3,(H2,21,22,23). The monoisotopic (exact) mass is 372 g/mol. The molecule has 0 aromatic heterocycles. The molecule has 144 valence electrons. The van der Waals surface area contributed by atoms with Crippen molar-refractivity contribution in [2.24, 2.45) is 0 Å². The van der Waals surface area contributed by atoms with Crippen LogP contribution in [0.5, 0.6) is 23.0 Å². The van der Waals surface area contributed by atoms with Crippen LogP contribution in [0.4, 0.5) is 10.5 Å². The van der Waals surface area contributed by atoms with Gasteiger partial charge in [-0.1, -0.05) is 6.07 Å². The number of benzene rings is 2. The Bertz CT molecular complexity index is 835. The topological polar surface area (TPSA) is 78.1 Å². The van der Waals surface area contributed by atoms with Crippen molar-refractivity contribution in [3.05, 3.63) is 42.0 Å². The second-order valence-electron chi connectivity index (χ2n) is 6.63. The van der Waals surface area contributed by atoms with Crippen molar-refractivity contribution in [3.63, 3.8) is 0 Å². The van der Waals surface area contributed by atoms with Crippen LogP contribution < -0.4 is 29.6 Å². The van der Waals surface area contributed by atoms with Crippen molar-refractivity contribution < 1.29 is 23.7 Å². The van der Waals surface area contributed by atoms with Crippen LogP contribution in [0.1, 0.15) is 19.4 Å². The number of fused-ring (bicyclic) bond motifs is 1. The summed E-state index contributed by atoms with van der Waals surface area (Å²) in [6.07, 6.45) is 0. The Kier molecular flexibility index (Phi) is 5.30. The van der Waals surface area contributed by atoms with Gasteiger partial charge in [0.05, 0.1) is 19.8 Å². The lowest BCUT2D eigenvalue weighted by Gasteiger charge is -2.28. The number of anilines is 1. The van der Waals surface area contributed by atoms with Gasteiger partial charge in [0.2, 0.25) is 0 Å². The SMILES string of the molecule is COc1ccc(C(C)(C)NC(=O)Nc2ccc3c(c2)OCCO3)cc1OC. The van der Waals surface area contributed by atoms with E-state index in [1.807, 2.05) is 32.0 Å². The number of rotatable bonds is 5. The molecule has 0 saturated heterocycles. The van der Waals surface area contributed by atoms with Crippen molar-refractivity contribution in [1.29, 1.82) is 0 Å². The Morgan fingerprint density at radius 2 is 1.67 bits per heavy atom. The molecule has 2 aromatic carbocycles. The van der Waals surface area contributed by atoms with E-state index in [2.05, 4.69) is 10.6 Å². The van der Waals surface area contributed by atoms with Crippen LogP contribution in [0.15, 0.2) is 36.4 Å². The van der Waals surface area contributed by atoms with Crippen molar-refractivity contribution in [3.8, 4) is 23.0 Å². The molecule has 0 spiro atoms. The lowest BCUT2D eigenvalue weighted by molar-refractivity contribution is 0.171. The largest absolute Gasteiger partial charge is 0.493 e. The van der Waals surface area contributed by atoms with Gasteiger partial charge in [0.15, 0.2) is 23.0 Å². The fourth-order valence-electron chi connectivity index (χ4n) is 2.86. The molecule has 7 nitrogen and oxygen atoms in total. The number of carbonyl (C=O) groups is 1. The van der Waals surface area contributed by atoms with Crippen LogP contribution in [-0.4, -0.2) is 33.5 Å². The quantitative estimate of drug-likeness (QED) is 0.839. The highest BCUT2D eigenvalue weighted by molar-refractivity contribution is 5.90. The zero-order valence-electron chi connectivity index (χ0n) is 15.9. The van der Waals surface area contributed by atoms with E-state index in [0.29, 0.717) is 41.9 Å². The third kappa shape index (κ3) is 4.19. The zero-order valence-corrected chi connectivity index (χ0v) is 15.9. The van der Waals surface area contributed by atoms with Gasteiger partial charge in [-0.05, 0) is 43.7 Å². The second-order valence-corrected chi connectivity index (χ2v) is 6.63. The van der Waals surface area contributed by atoms with Crippen molar-refractivity contribution in [2.75, 3.05) is 32.8 Å². The predicted molar refractivity (Wildman–Crippen MR) is 102 cm³/mol. The van der Waals surface area contributed by atoms with Crippen LogP contribution in [0.2, 0.25) is 0 Å². The fourth-order valence-corrected chi connectivity index (χ4v) is 2.86. The number of ether oxygens (including phenoxy) is 4. The normalized spacial score (nSPS) is 12.9. The van der Waals surface area contributed by atoms with Crippen molar-refractivity contribution in [2.45, 2.75) is 19.4 Å². The summed E-state index contributed by atoms with van der Waals surface area (Å²) in [6, 6.07) is 10.5. The summed E-state index contributed by atoms with van der Waals surface area (Å²) in [7, 11) is 3.17. The molecule has 27 heavy (non-hydrogen) atoms. The maximum Gasteiger partial charge on any atom is 0.319 e. The summed E-state index contributed by atoms with van der Waals surface area (Å²) >= 11 is 0. The van der Waals surface area contributed by atoms with E-state index in [1.54, 1.807) is 32.4 Å². The van der Waals surface area contributed by atoms with Crippen LogP contribution in [-0.2, 0) is 5.54 Å². The first kappa shape index (κ1) is 18.7. The van der Waals surface area contributed by atoms with Crippen LogP contribution in [0, 0.1) is 0 Å². The third-order valence-corrected chi connectivity index (χ3v) is 4.33. The van der Waals surface area contributed by atoms with Gasteiger partial charge in [-0.25, -0.2) is 4.79 Å². The molecular weight excluding hydrogens is 348 g/mol. The summed E-state index contributed by atoms with van der Waals surface area (Å²) in [5.74, 6) is 2.55. The van der Waals surface area contributed by atoms with Gasteiger partial charge < -0.3 is 29.6 Å². The lowest BCUT2D eigenvalue weighted by atomic mass is 9.94. The van der Waals surface area contributed by atoms with Gasteiger partial charge in [0.25, 0.3) is 0 Å². The number of carbonyl (C=O) groups excluding carboxylic acids is 1. The molecule has 2 aromatic rings. The van der Waals surface area contributed by atoms with Gasteiger partial charge in [-0.15, -0.1) is 0 Å². The lowest BCUT2D eigenvalue weighted by Crippen LogP contribution is -2.43. The van der Waals surface area contributed by atoms with Crippen LogP contribution in [0.25, 0.3) is 0 Å². The molecule has 1 aliphatic heterocycles. The van der Waals surface area contributed by atoms with E-state index in [-0.39, 0.29) is 6.03 Å². The van der Waals surface area contributed by atoms with E-state index in [1.165, 1.54) is 0 Å². The van der Waals surface area contributed by atoms with Gasteiger partial charge >= 0.3 is 6.03 Å². The predicted octanol–water partition coefficient (Wildman–Crippen LogP) is 3.53. The summed E-state index contributed by atoms with van der Waals surface area (Å²) in [6.45, 7) is 4.85. The molecule has 0 radical (unpaired) electrons. The Morgan fingerprint density at radius 3 is 2.37 bits per heavy atom. The number of amides is 2. The molecule has 0 saturated carbocycles. The minimum Gasteiger partial charge on any atom is -0.493 e. The average molecular weight is 372 g/mol. The smallest absolute Gasteiger partial charge is 0.319 e. The first-order valence-corrected chi connectivity index (χ1v) is 8.64. The van der Waals surface area contributed by atoms with Gasteiger partial charge in [-0.3, -0.25) is 0 Å². The molecule has 0 atom stereocenters. The first-order valence-electron chi connectivity index (χ1n) is 8.64. The first-order chi connectivity index (χ1) is 12.9.